The molecule has 3 rings (SSSR count). The highest BCUT2D eigenvalue weighted by Crippen LogP contribution is 2.68. The van der Waals surface area contributed by atoms with E-state index in [4.69, 9.17) is 27.9 Å². The summed E-state index contributed by atoms with van der Waals surface area (Å²) in [4.78, 5) is 13.2. The van der Waals surface area contributed by atoms with Crippen LogP contribution in [-0.2, 0) is 9.53 Å². The summed E-state index contributed by atoms with van der Waals surface area (Å²) in [6.45, 7) is 10.9. The summed E-state index contributed by atoms with van der Waals surface area (Å²) in [5.74, 6) is 1.40. The molecular weight excluding hydrogens is 411 g/mol. The molecule has 4 atom stereocenters. The van der Waals surface area contributed by atoms with Crippen LogP contribution in [0.3, 0.4) is 0 Å². The average Bonchev–Trinajstić information content (AvgIpc) is 2.98. The van der Waals surface area contributed by atoms with Crippen molar-refractivity contribution in [3.8, 4) is 0 Å². The molecule has 2 nitrogen and oxygen atoms in total. The van der Waals surface area contributed by atoms with Gasteiger partial charge in [0.25, 0.3) is 0 Å². The Morgan fingerprint density at radius 2 is 2.04 bits per heavy atom. The molecule has 1 aliphatic heterocycles. The highest BCUT2D eigenvalue weighted by Gasteiger charge is 2.65. The lowest BCUT2D eigenvalue weighted by molar-refractivity contribution is -0.113. The number of halogens is 2. The summed E-state index contributed by atoms with van der Waals surface area (Å²) in [5.41, 5.74) is 0.831. The molecule has 3 aliphatic rings. The first-order chi connectivity index (χ1) is 13.0. The van der Waals surface area contributed by atoms with E-state index in [9.17, 15) is 4.79 Å². The molecule has 0 aromatic heterocycles. The zero-order valence-electron chi connectivity index (χ0n) is 17.8. The minimum atomic E-state index is -1.47. The maximum atomic E-state index is 13.2. The number of carbonyl (C=O) groups is 1. The Labute approximate surface area is 184 Å². The molecule has 1 spiro atoms. The summed E-state index contributed by atoms with van der Waals surface area (Å²) in [6.07, 6.45) is 12.2. The van der Waals surface area contributed by atoms with Gasteiger partial charge >= 0.3 is 0 Å². The van der Waals surface area contributed by atoms with Crippen LogP contribution in [0.5, 0.6) is 0 Å². The molecule has 0 saturated heterocycles. The van der Waals surface area contributed by atoms with Crippen molar-refractivity contribution in [2.45, 2.75) is 83.6 Å². The van der Waals surface area contributed by atoms with Crippen LogP contribution >= 0.6 is 35.0 Å². The Bertz CT molecular complexity index is 680. The van der Waals surface area contributed by atoms with E-state index in [2.05, 4.69) is 33.8 Å². The molecule has 2 fully saturated rings. The van der Waals surface area contributed by atoms with Gasteiger partial charge in [-0.1, -0.05) is 67.4 Å². The van der Waals surface area contributed by atoms with Crippen LogP contribution in [0.1, 0.15) is 73.1 Å². The van der Waals surface area contributed by atoms with Gasteiger partial charge < -0.3 is 4.74 Å². The molecule has 1 heterocycles. The van der Waals surface area contributed by atoms with Crippen molar-refractivity contribution in [1.82, 2.24) is 0 Å². The molecule has 2 aliphatic carbocycles. The zero-order valence-corrected chi connectivity index (χ0v) is 20.1. The maximum absolute atomic E-state index is 13.2. The van der Waals surface area contributed by atoms with Gasteiger partial charge in [-0.05, 0) is 69.8 Å². The molecular formula is C23H34Cl2O2S. The fourth-order valence-electron chi connectivity index (χ4n) is 5.54. The van der Waals surface area contributed by atoms with Crippen molar-refractivity contribution < 1.29 is 9.53 Å². The Balaban J connectivity index is 1.86. The van der Waals surface area contributed by atoms with Gasteiger partial charge in [0.2, 0.25) is 5.12 Å². The predicted molar refractivity (Wildman–Crippen MR) is 121 cm³/mol. The summed E-state index contributed by atoms with van der Waals surface area (Å²) in [7, 11) is 0. The van der Waals surface area contributed by atoms with Gasteiger partial charge in [-0.25, -0.2) is 0 Å². The Morgan fingerprint density at radius 3 is 2.68 bits per heavy atom. The lowest BCUT2D eigenvalue weighted by Crippen LogP contribution is -2.46. The first kappa shape index (κ1) is 22.6. The number of thioether (sulfide) groups is 1. The van der Waals surface area contributed by atoms with E-state index in [1.165, 1.54) is 23.8 Å². The minimum Gasteiger partial charge on any atom is -0.498 e. The van der Waals surface area contributed by atoms with Gasteiger partial charge in [0.05, 0.1) is 6.26 Å². The molecule has 0 aromatic rings. The minimum absolute atomic E-state index is 0.0172. The summed E-state index contributed by atoms with van der Waals surface area (Å²) < 4.78 is 4.87. The highest BCUT2D eigenvalue weighted by atomic mass is 35.5. The molecule has 158 valence electrons. The monoisotopic (exact) mass is 444 g/mol. The fraction of sp³-hybridized carbons (Fsp3) is 0.783. The second-order valence-corrected chi connectivity index (χ2v) is 12.3. The number of unbranched alkanes of at least 4 members (excludes halogenated alkanes) is 1. The van der Waals surface area contributed by atoms with Crippen LogP contribution in [0.2, 0.25) is 0 Å². The Morgan fingerprint density at radius 1 is 1.32 bits per heavy atom. The van der Waals surface area contributed by atoms with Crippen molar-refractivity contribution in [2.75, 3.05) is 5.75 Å². The largest absolute Gasteiger partial charge is 0.498 e. The standard InChI is InChI=1S/C23H34Cl2O2S/c1-16(2)8-6-7-10-21(5)12-13-27-18-14-17-9-11-22(18,20(17,3)4)15-28-19(26)23(21,24)25/h8,12-13,17-18H,6-7,9-11,14-15H2,1-5H3/b13-12-/t17-,18-,21-,22-/m1/s1. The van der Waals surface area contributed by atoms with Crippen LogP contribution in [0, 0.1) is 22.2 Å². The molecule has 0 N–H and O–H groups in total. The molecule has 0 unspecified atom stereocenters. The van der Waals surface area contributed by atoms with Gasteiger partial charge in [-0.15, -0.1) is 0 Å². The van der Waals surface area contributed by atoms with Crippen molar-refractivity contribution in [3.05, 3.63) is 24.0 Å². The topological polar surface area (TPSA) is 26.3 Å². The molecule has 0 amide bonds. The van der Waals surface area contributed by atoms with Gasteiger partial charge in [0.1, 0.15) is 6.10 Å². The third kappa shape index (κ3) is 3.58. The lowest BCUT2D eigenvalue weighted by atomic mass is 9.69. The molecule has 2 bridgehead atoms. The van der Waals surface area contributed by atoms with Crippen molar-refractivity contribution in [1.29, 1.82) is 0 Å². The van der Waals surface area contributed by atoms with E-state index in [0.717, 1.165) is 37.9 Å². The first-order valence-corrected chi connectivity index (χ1v) is 12.2. The second-order valence-electron chi connectivity index (χ2n) is 10.0. The van der Waals surface area contributed by atoms with E-state index >= 15 is 0 Å². The van der Waals surface area contributed by atoms with Crippen molar-refractivity contribution in [2.24, 2.45) is 22.2 Å². The lowest BCUT2D eigenvalue weighted by Gasteiger charge is -2.44. The van der Waals surface area contributed by atoms with Gasteiger partial charge in [-0.3, -0.25) is 4.79 Å². The summed E-state index contributed by atoms with van der Waals surface area (Å²) in [6, 6.07) is 0. The van der Waals surface area contributed by atoms with Crippen LogP contribution in [-0.4, -0.2) is 21.3 Å². The number of rotatable bonds is 4. The second kappa shape index (κ2) is 7.85. The number of carbonyl (C=O) groups excluding carboxylic acids is 1. The maximum Gasteiger partial charge on any atom is 0.225 e. The van der Waals surface area contributed by atoms with Crippen LogP contribution < -0.4 is 0 Å². The van der Waals surface area contributed by atoms with E-state index in [1.54, 1.807) is 6.26 Å². The average molecular weight is 445 g/mol. The molecule has 28 heavy (non-hydrogen) atoms. The molecule has 5 heteroatoms. The number of hydrogen-bond donors (Lipinski definition) is 0. The SMILES string of the molecule is CC(C)=CCCC[C@]1(C)/C=C\O[C@@H]2C[C@H]3CC[C@]2(CSC(=O)C1(Cl)Cl)C3(C)C. The van der Waals surface area contributed by atoms with Crippen molar-refractivity contribution >= 4 is 40.1 Å². The number of alkyl halides is 2. The predicted octanol–water partition coefficient (Wildman–Crippen LogP) is 7.30. The number of hydrogen-bond acceptors (Lipinski definition) is 3. The Kier molecular flexibility index (Phi) is 6.33. The van der Waals surface area contributed by atoms with E-state index in [-0.39, 0.29) is 22.0 Å². The van der Waals surface area contributed by atoms with E-state index < -0.39 is 9.75 Å². The van der Waals surface area contributed by atoms with Crippen LogP contribution in [0.15, 0.2) is 24.0 Å². The summed E-state index contributed by atoms with van der Waals surface area (Å²) in [5, 5.41) is -0.119. The van der Waals surface area contributed by atoms with Gasteiger partial charge in [0.15, 0.2) is 4.33 Å². The van der Waals surface area contributed by atoms with Gasteiger partial charge in [-0.2, -0.15) is 0 Å². The molecule has 2 saturated carbocycles. The third-order valence-corrected chi connectivity index (χ3v) is 10.6. The normalized spacial score (nSPS) is 39.8. The quantitative estimate of drug-likeness (QED) is 0.258. The van der Waals surface area contributed by atoms with Crippen LogP contribution in [0.25, 0.3) is 0 Å². The molecule has 0 radical (unpaired) electrons. The smallest absolute Gasteiger partial charge is 0.225 e. The van der Waals surface area contributed by atoms with E-state index in [1.807, 2.05) is 13.0 Å². The molecule has 0 aromatic carbocycles. The zero-order chi connectivity index (χ0) is 20.8. The number of ether oxygens (including phenoxy) is 1. The summed E-state index contributed by atoms with van der Waals surface area (Å²) >= 11 is 14.8. The van der Waals surface area contributed by atoms with Crippen LogP contribution in [0.4, 0.5) is 0 Å². The fourth-order valence-corrected chi connectivity index (χ4v) is 7.69. The first-order valence-electron chi connectivity index (χ1n) is 10.5. The Hall–Kier alpha value is -0.120. The number of allylic oxidation sites excluding steroid dienone is 3. The van der Waals surface area contributed by atoms with Gasteiger partial charge in [0, 0.05) is 16.6 Å². The highest BCUT2D eigenvalue weighted by molar-refractivity contribution is 8.14. The van der Waals surface area contributed by atoms with E-state index in [0.29, 0.717) is 5.92 Å². The van der Waals surface area contributed by atoms with Crippen molar-refractivity contribution in [3.63, 3.8) is 0 Å². The number of fused-ring (bicyclic) bond motifs is 1. The third-order valence-electron chi connectivity index (χ3n) is 7.92.